The monoisotopic (exact) mass is 343 g/mol. The van der Waals surface area contributed by atoms with Gasteiger partial charge in [0.15, 0.2) is 5.82 Å². The van der Waals surface area contributed by atoms with E-state index < -0.39 is 11.7 Å². The molecule has 7 heteroatoms. The van der Waals surface area contributed by atoms with E-state index in [2.05, 4.69) is 31.2 Å². The summed E-state index contributed by atoms with van der Waals surface area (Å²) in [4.78, 5) is 20.1. The van der Waals surface area contributed by atoms with Gasteiger partial charge in [-0.05, 0) is 56.0 Å². The zero-order valence-electron chi connectivity index (χ0n) is 11.8. The van der Waals surface area contributed by atoms with E-state index in [1.165, 1.54) is 6.20 Å². The van der Waals surface area contributed by atoms with Crippen LogP contribution >= 0.6 is 15.9 Å². The number of rotatable bonds is 3. The highest BCUT2D eigenvalue weighted by molar-refractivity contribution is 9.10. The van der Waals surface area contributed by atoms with Gasteiger partial charge in [-0.3, -0.25) is 5.32 Å². The van der Waals surface area contributed by atoms with Crippen LogP contribution in [0.5, 0.6) is 5.88 Å². The Morgan fingerprint density at radius 1 is 1.45 bits per heavy atom. The largest absolute Gasteiger partial charge is 0.472 e. The van der Waals surface area contributed by atoms with E-state index >= 15 is 0 Å². The van der Waals surface area contributed by atoms with E-state index in [0.717, 1.165) is 19.3 Å². The van der Waals surface area contributed by atoms with E-state index in [1.54, 1.807) is 20.8 Å². The lowest BCUT2D eigenvalue weighted by molar-refractivity contribution is 0.0632. The Hall–Kier alpha value is -1.37. The first-order chi connectivity index (χ1) is 9.33. The third-order valence-electron chi connectivity index (χ3n) is 2.66. The van der Waals surface area contributed by atoms with Crippen molar-refractivity contribution in [3.63, 3.8) is 0 Å². The standard InChI is InChI=1S/C13H18BrN3O3/c1-13(2,3)20-12(18)17-10-11(16-9(14)7-15-10)19-8-5-4-6-8/h7-8H,4-6H2,1-3H3,(H,15,17,18). The van der Waals surface area contributed by atoms with E-state index in [-0.39, 0.29) is 11.9 Å². The molecule has 1 saturated carbocycles. The van der Waals surface area contributed by atoms with Gasteiger partial charge in [-0.2, -0.15) is 0 Å². The molecule has 2 rings (SSSR count). The van der Waals surface area contributed by atoms with Crippen LogP contribution in [0.1, 0.15) is 40.0 Å². The van der Waals surface area contributed by atoms with Crippen LogP contribution in [0.3, 0.4) is 0 Å². The molecular weight excluding hydrogens is 326 g/mol. The second-order valence-electron chi connectivity index (χ2n) is 5.64. The lowest BCUT2D eigenvalue weighted by Gasteiger charge is -2.26. The molecule has 1 aliphatic rings. The molecule has 1 N–H and O–H groups in total. The zero-order chi connectivity index (χ0) is 14.8. The van der Waals surface area contributed by atoms with Crippen molar-refractivity contribution in [1.29, 1.82) is 0 Å². The van der Waals surface area contributed by atoms with Gasteiger partial charge in [0.25, 0.3) is 5.88 Å². The summed E-state index contributed by atoms with van der Waals surface area (Å²) in [6.07, 6.45) is 4.23. The molecule has 0 radical (unpaired) electrons. The van der Waals surface area contributed by atoms with Gasteiger partial charge in [-0.25, -0.2) is 14.8 Å². The molecule has 1 fully saturated rings. The smallest absolute Gasteiger partial charge is 0.413 e. The Labute approximate surface area is 126 Å². The molecule has 0 aromatic carbocycles. The second kappa shape index (κ2) is 5.95. The Kier molecular flexibility index (Phi) is 4.47. The topological polar surface area (TPSA) is 73.3 Å². The lowest BCUT2D eigenvalue weighted by Crippen LogP contribution is -2.29. The molecule has 1 aromatic rings. The number of amides is 1. The van der Waals surface area contributed by atoms with Crippen molar-refractivity contribution >= 4 is 27.8 Å². The molecule has 1 heterocycles. The van der Waals surface area contributed by atoms with Gasteiger partial charge >= 0.3 is 6.09 Å². The lowest BCUT2D eigenvalue weighted by atomic mass is 9.96. The van der Waals surface area contributed by atoms with Crippen molar-refractivity contribution in [2.45, 2.75) is 51.7 Å². The van der Waals surface area contributed by atoms with Crippen LogP contribution in [0, 0.1) is 0 Å². The third-order valence-corrected chi connectivity index (χ3v) is 3.04. The Balaban J connectivity index is 2.07. The summed E-state index contributed by atoms with van der Waals surface area (Å²) >= 11 is 3.24. The van der Waals surface area contributed by atoms with Crippen LogP contribution in [-0.2, 0) is 4.74 Å². The van der Waals surface area contributed by atoms with Gasteiger partial charge in [-0.1, -0.05) is 0 Å². The summed E-state index contributed by atoms with van der Waals surface area (Å²) in [6.45, 7) is 5.39. The molecule has 0 aliphatic heterocycles. The van der Waals surface area contributed by atoms with E-state index in [9.17, 15) is 4.79 Å². The van der Waals surface area contributed by atoms with Crippen LogP contribution in [0.4, 0.5) is 10.6 Å². The fraction of sp³-hybridized carbons (Fsp3) is 0.615. The number of carbonyl (C=O) groups is 1. The van der Waals surface area contributed by atoms with Crippen LogP contribution < -0.4 is 10.1 Å². The number of hydrogen-bond donors (Lipinski definition) is 1. The zero-order valence-corrected chi connectivity index (χ0v) is 13.4. The summed E-state index contributed by atoms with van der Waals surface area (Å²) in [7, 11) is 0. The van der Waals surface area contributed by atoms with Crippen molar-refractivity contribution in [2.24, 2.45) is 0 Å². The van der Waals surface area contributed by atoms with Crippen molar-refractivity contribution in [3.05, 3.63) is 10.8 Å². The maximum absolute atomic E-state index is 11.8. The summed E-state index contributed by atoms with van der Waals surface area (Å²) in [5.41, 5.74) is -0.568. The van der Waals surface area contributed by atoms with Crippen LogP contribution in [0.2, 0.25) is 0 Å². The van der Waals surface area contributed by atoms with Gasteiger partial charge in [0.1, 0.15) is 16.3 Å². The summed E-state index contributed by atoms with van der Waals surface area (Å²) < 4.78 is 11.5. The van der Waals surface area contributed by atoms with E-state index in [4.69, 9.17) is 9.47 Å². The molecule has 0 spiro atoms. The fourth-order valence-corrected chi connectivity index (χ4v) is 1.83. The van der Waals surface area contributed by atoms with E-state index in [1.807, 2.05) is 0 Å². The average molecular weight is 344 g/mol. The number of carbonyl (C=O) groups excluding carboxylic acids is 1. The molecule has 0 bridgehead atoms. The maximum atomic E-state index is 11.8. The SMILES string of the molecule is CC(C)(C)OC(=O)Nc1ncc(Br)nc1OC1CCC1. The Morgan fingerprint density at radius 2 is 2.15 bits per heavy atom. The molecule has 1 amide bonds. The van der Waals surface area contributed by atoms with Crippen molar-refractivity contribution in [3.8, 4) is 5.88 Å². The number of anilines is 1. The fourth-order valence-electron chi connectivity index (χ4n) is 1.57. The number of aromatic nitrogens is 2. The van der Waals surface area contributed by atoms with Crippen LogP contribution in [0.25, 0.3) is 0 Å². The Bertz CT molecular complexity index is 498. The number of halogens is 1. The van der Waals surface area contributed by atoms with Crippen LogP contribution in [-0.4, -0.2) is 27.8 Å². The molecule has 20 heavy (non-hydrogen) atoms. The van der Waals surface area contributed by atoms with Crippen LogP contribution in [0.15, 0.2) is 10.8 Å². The number of nitrogens with zero attached hydrogens (tertiary/aromatic N) is 2. The predicted molar refractivity (Wildman–Crippen MR) is 77.9 cm³/mol. The highest BCUT2D eigenvalue weighted by Gasteiger charge is 2.24. The summed E-state index contributed by atoms with van der Waals surface area (Å²) in [5.74, 6) is 0.587. The minimum Gasteiger partial charge on any atom is -0.472 e. The van der Waals surface area contributed by atoms with Crippen molar-refractivity contribution < 1.29 is 14.3 Å². The first-order valence-electron chi connectivity index (χ1n) is 6.53. The highest BCUT2D eigenvalue weighted by atomic mass is 79.9. The maximum Gasteiger partial charge on any atom is 0.413 e. The molecular formula is C13H18BrN3O3. The molecule has 1 aliphatic carbocycles. The molecule has 0 atom stereocenters. The second-order valence-corrected chi connectivity index (χ2v) is 6.46. The van der Waals surface area contributed by atoms with Gasteiger partial charge in [0.05, 0.1) is 6.20 Å². The predicted octanol–water partition coefficient (Wildman–Crippen LogP) is 3.52. The number of hydrogen-bond acceptors (Lipinski definition) is 5. The molecule has 1 aromatic heterocycles. The normalized spacial score (nSPS) is 15.4. The van der Waals surface area contributed by atoms with Gasteiger partial charge in [0, 0.05) is 0 Å². The van der Waals surface area contributed by atoms with E-state index in [0.29, 0.717) is 10.5 Å². The Morgan fingerprint density at radius 3 is 2.70 bits per heavy atom. The van der Waals surface area contributed by atoms with Crippen molar-refractivity contribution in [2.75, 3.05) is 5.32 Å². The minimum absolute atomic E-state index is 0.151. The number of nitrogens with one attached hydrogen (secondary N) is 1. The molecule has 110 valence electrons. The number of ether oxygens (including phenoxy) is 2. The first-order valence-corrected chi connectivity index (χ1v) is 7.32. The van der Waals surface area contributed by atoms with Crippen molar-refractivity contribution in [1.82, 2.24) is 9.97 Å². The average Bonchev–Trinajstić information content (AvgIpc) is 2.24. The minimum atomic E-state index is -0.576. The summed E-state index contributed by atoms with van der Waals surface area (Å²) in [5, 5.41) is 2.57. The van der Waals surface area contributed by atoms with Gasteiger partial charge in [-0.15, -0.1) is 0 Å². The third kappa shape index (κ3) is 4.33. The first kappa shape index (κ1) is 15.0. The summed E-state index contributed by atoms with van der Waals surface area (Å²) in [6, 6.07) is 0. The molecule has 0 unspecified atom stereocenters. The molecule has 0 saturated heterocycles. The van der Waals surface area contributed by atoms with Gasteiger partial charge in [0.2, 0.25) is 0 Å². The van der Waals surface area contributed by atoms with Gasteiger partial charge < -0.3 is 9.47 Å². The highest BCUT2D eigenvalue weighted by Crippen LogP contribution is 2.29. The quantitative estimate of drug-likeness (QED) is 0.908. The molecule has 6 nitrogen and oxygen atoms in total.